The number of hydrogen-bond donors (Lipinski definition) is 2. The van der Waals surface area contributed by atoms with Crippen LogP contribution in [0.1, 0.15) is 19.3 Å². The van der Waals surface area contributed by atoms with Gasteiger partial charge in [-0.05, 0) is 32.9 Å². The van der Waals surface area contributed by atoms with Crippen LogP contribution >= 0.6 is 0 Å². The molecule has 0 aromatic rings. The SMILES string of the molecule is CN(CCO)CCCCCO. The Morgan fingerprint density at radius 2 is 1.64 bits per heavy atom. The molecule has 0 bridgehead atoms. The lowest BCUT2D eigenvalue weighted by Crippen LogP contribution is -2.23. The molecule has 0 amide bonds. The quantitative estimate of drug-likeness (QED) is 0.519. The second-order valence-corrected chi connectivity index (χ2v) is 2.81. The zero-order valence-electron chi connectivity index (χ0n) is 7.29. The molecule has 0 aliphatic heterocycles. The molecule has 2 N–H and O–H groups in total. The van der Waals surface area contributed by atoms with Gasteiger partial charge in [0, 0.05) is 13.2 Å². The average molecular weight is 161 g/mol. The predicted octanol–water partition coefficient (Wildman–Crippen LogP) is 0.0731. The minimum Gasteiger partial charge on any atom is -0.396 e. The smallest absolute Gasteiger partial charge is 0.0558 e. The summed E-state index contributed by atoms with van der Waals surface area (Å²) in [5, 5.41) is 17.0. The van der Waals surface area contributed by atoms with E-state index in [1.54, 1.807) is 0 Å². The van der Waals surface area contributed by atoms with E-state index in [4.69, 9.17) is 10.2 Å². The number of aliphatic hydroxyl groups excluding tert-OH is 2. The lowest BCUT2D eigenvalue weighted by Gasteiger charge is -2.13. The Labute approximate surface area is 68.6 Å². The number of likely N-dealkylation sites (N-methyl/N-ethyl adjacent to an activating group) is 1. The standard InChI is InChI=1S/C8H19NO2/c1-9(6-8-11)5-3-2-4-7-10/h10-11H,2-8H2,1H3. The average Bonchev–Trinajstić information content (AvgIpc) is 1.99. The highest BCUT2D eigenvalue weighted by Crippen LogP contribution is 1.95. The molecule has 0 aliphatic rings. The molecule has 0 rings (SSSR count). The van der Waals surface area contributed by atoms with Crippen LogP contribution in [0.5, 0.6) is 0 Å². The van der Waals surface area contributed by atoms with Gasteiger partial charge in [0.25, 0.3) is 0 Å². The van der Waals surface area contributed by atoms with Crippen LogP contribution < -0.4 is 0 Å². The van der Waals surface area contributed by atoms with Gasteiger partial charge in [0.05, 0.1) is 6.61 Å². The summed E-state index contributed by atoms with van der Waals surface area (Å²) in [6.07, 6.45) is 3.08. The summed E-state index contributed by atoms with van der Waals surface area (Å²) in [5.74, 6) is 0. The van der Waals surface area contributed by atoms with Gasteiger partial charge in [0.1, 0.15) is 0 Å². The fraction of sp³-hybridized carbons (Fsp3) is 1.00. The topological polar surface area (TPSA) is 43.7 Å². The van der Waals surface area contributed by atoms with Gasteiger partial charge >= 0.3 is 0 Å². The van der Waals surface area contributed by atoms with E-state index in [2.05, 4.69) is 4.90 Å². The van der Waals surface area contributed by atoms with Crippen molar-refractivity contribution in [2.75, 3.05) is 33.4 Å². The summed E-state index contributed by atoms with van der Waals surface area (Å²) < 4.78 is 0. The van der Waals surface area contributed by atoms with Crippen LogP contribution in [0, 0.1) is 0 Å². The van der Waals surface area contributed by atoms with Crippen molar-refractivity contribution < 1.29 is 10.2 Å². The lowest BCUT2D eigenvalue weighted by atomic mass is 10.2. The normalized spacial score (nSPS) is 10.9. The van der Waals surface area contributed by atoms with Crippen LogP contribution in [0.15, 0.2) is 0 Å². The fourth-order valence-corrected chi connectivity index (χ4v) is 0.953. The lowest BCUT2D eigenvalue weighted by molar-refractivity contribution is 0.216. The van der Waals surface area contributed by atoms with Crippen molar-refractivity contribution >= 4 is 0 Å². The van der Waals surface area contributed by atoms with Crippen molar-refractivity contribution in [3.05, 3.63) is 0 Å². The Balaban J connectivity index is 2.97. The summed E-state index contributed by atoms with van der Waals surface area (Å²) in [6, 6.07) is 0. The highest BCUT2D eigenvalue weighted by molar-refractivity contribution is 4.50. The van der Waals surface area contributed by atoms with E-state index in [9.17, 15) is 0 Å². The molecule has 0 atom stereocenters. The molecule has 0 saturated heterocycles. The minimum atomic E-state index is 0.233. The van der Waals surface area contributed by atoms with Gasteiger partial charge < -0.3 is 15.1 Å². The van der Waals surface area contributed by atoms with Crippen LogP contribution in [0.25, 0.3) is 0 Å². The maximum absolute atomic E-state index is 8.56. The number of aliphatic hydroxyl groups is 2. The second kappa shape index (κ2) is 7.98. The highest BCUT2D eigenvalue weighted by Gasteiger charge is 1.95. The van der Waals surface area contributed by atoms with E-state index in [1.807, 2.05) is 7.05 Å². The molecule has 0 saturated carbocycles. The van der Waals surface area contributed by atoms with Crippen LogP contribution in [-0.4, -0.2) is 48.5 Å². The van der Waals surface area contributed by atoms with Gasteiger partial charge in [-0.15, -0.1) is 0 Å². The second-order valence-electron chi connectivity index (χ2n) is 2.81. The summed E-state index contributed by atoms with van der Waals surface area (Å²) in [7, 11) is 2.00. The number of rotatable bonds is 7. The molecule has 0 aromatic carbocycles. The van der Waals surface area contributed by atoms with Gasteiger partial charge in [-0.2, -0.15) is 0 Å². The van der Waals surface area contributed by atoms with E-state index in [0.29, 0.717) is 6.61 Å². The van der Waals surface area contributed by atoms with Crippen LogP contribution in [0.4, 0.5) is 0 Å². The Bertz CT molecular complexity index is 78.5. The van der Waals surface area contributed by atoms with Gasteiger partial charge in [0.15, 0.2) is 0 Å². The Kier molecular flexibility index (Phi) is 7.89. The third kappa shape index (κ3) is 7.78. The third-order valence-corrected chi connectivity index (χ3v) is 1.68. The Morgan fingerprint density at radius 1 is 0.909 bits per heavy atom. The van der Waals surface area contributed by atoms with Crippen LogP contribution in [0.2, 0.25) is 0 Å². The number of hydrogen-bond acceptors (Lipinski definition) is 3. The largest absolute Gasteiger partial charge is 0.396 e. The van der Waals surface area contributed by atoms with E-state index < -0.39 is 0 Å². The molecule has 0 fully saturated rings. The zero-order valence-corrected chi connectivity index (χ0v) is 7.29. The number of unbranched alkanes of at least 4 members (excludes halogenated alkanes) is 2. The molecule has 3 nitrogen and oxygen atoms in total. The molecule has 0 radical (unpaired) electrons. The third-order valence-electron chi connectivity index (χ3n) is 1.68. The summed E-state index contributed by atoms with van der Waals surface area (Å²) in [4.78, 5) is 2.09. The van der Waals surface area contributed by atoms with E-state index in [1.165, 1.54) is 0 Å². The van der Waals surface area contributed by atoms with Crippen molar-refractivity contribution in [1.29, 1.82) is 0 Å². The molecular weight excluding hydrogens is 142 g/mol. The Morgan fingerprint density at radius 3 is 2.18 bits per heavy atom. The van der Waals surface area contributed by atoms with Crippen molar-refractivity contribution in [2.24, 2.45) is 0 Å². The van der Waals surface area contributed by atoms with Crippen molar-refractivity contribution in [3.63, 3.8) is 0 Å². The monoisotopic (exact) mass is 161 g/mol. The predicted molar refractivity (Wildman–Crippen MR) is 45.5 cm³/mol. The van der Waals surface area contributed by atoms with Gasteiger partial charge in [-0.3, -0.25) is 0 Å². The zero-order chi connectivity index (χ0) is 8.53. The van der Waals surface area contributed by atoms with E-state index in [0.717, 1.165) is 32.4 Å². The van der Waals surface area contributed by atoms with E-state index >= 15 is 0 Å². The summed E-state index contributed by atoms with van der Waals surface area (Å²) in [6.45, 7) is 2.29. The molecular formula is C8H19NO2. The summed E-state index contributed by atoms with van der Waals surface area (Å²) >= 11 is 0. The first kappa shape index (κ1) is 10.9. The first-order valence-corrected chi connectivity index (χ1v) is 4.21. The first-order chi connectivity index (χ1) is 5.31. The van der Waals surface area contributed by atoms with Crippen LogP contribution in [0.3, 0.4) is 0 Å². The highest BCUT2D eigenvalue weighted by atomic mass is 16.3. The molecule has 0 aromatic heterocycles. The molecule has 3 heteroatoms. The molecule has 11 heavy (non-hydrogen) atoms. The fourth-order valence-electron chi connectivity index (χ4n) is 0.953. The molecule has 0 aliphatic carbocycles. The first-order valence-electron chi connectivity index (χ1n) is 4.21. The van der Waals surface area contributed by atoms with Gasteiger partial charge in [0.2, 0.25) is 0 Å². The molecule has 0 spiro atoms. The van der Waals surface area contributed by atoms with Crippen molar-refractivity contribution in [1.82, 2.24) is 4.90 Å². The maximum Gasteiger partial charge on any atom is 0.0558 e. The maximum atomic E-state index is 8.56. The van der Waals surface area contributed by atoms with Crippen molar-refractivity contribution in [3.8, 4) is 0 Å². The van der Waals surface area contributed by atoms with E-state index in [-0.39, 0.29) is 6.61 Å². The molecule has 0 heterocycles. The Hall–Kier alpha value is -0.120. The van der Waals surface area contributed by atoms with Crippen LogP contribution in [-0.2, 0) is 0 Å². The molecule has 68 valence electrons. The molecule has 0 unspecified atom stereocenters. The summed E-state index contributed by atoms with van der Waals surface area (Å²) in [5.41, 5.74) is 0. The van der Waals surface area contributed by atoms with Gasteiger partial charge in [-0.25, -0.2) is 0 Å². The minimum absolute atomic E-state index is 0.233. The number of nitrogens with zero attached hydrogens (tertiary/aromatic N) is 1. The van der Waals surface area contributed by atoms with Gasteiger partial charge in [-0.1, -0.05) is 0 Å². The van der Waals surface area contributed by atoms with Crippen molar-refractivity contribution in [2.45, 2.75) is 19.3 Å².